The highest BCUT2D eigenvalue weighted by Gasteiger charge is 2.18. The monoisotopic (exact) mass is 285 g/mol. The van der Waals surface area contributed by atoms with E-state index in [4.69, 9.17) is 9.47 Å². The first kappa shape index (κ1) is 11.7. The van der Waals surface area contributed by atoms with Gasteiger partial charge in [0.1, 0.15) is 0 Å². The van der Waals surface area contributed by atoms with Crippen LogP contribution in [0.15, 0.2) is 10.5 Å². The van der Waals surface area contributed by atoms with Gasteiger partial charge in [-0.15, -0.1) is 0 Å². The minimum absolute atomic E-state index is 0.795. The Hall–Kier alpha value is -0.740. The van der Waals surface area contributed by atoms with Crippen LogP contribution in [0.4, 0.5) is 0 Å². The molecule has 2 rings (SSSR count). The highest BCUT2D eigenvalue weighted by molar-refractivity contribution is 9.10. The van der Waals surface area contributed by atoms with Gasteiger partial charge in [-0.3, -0.25) is 0 Å². The molecular formula is C12H16BrNO2. The molecule has 0 saturated heterocycles. The molecule has 88 valence electrons. The summed E-state index contributed by atoms with van der Waals surface area (Å²) < 4.78 is 11.8. The lowest BCUT2D eigenvalue weighted by Crippen LogP contribution is -2.16. The second-order valence-corrected chi connectivity index (χ2v) is 4.61. The smallest absolute Gasteiger partial charge is 0.175 e. The molecule has 0 aliphatic carbocycles. The van der Waals surface area contributed by atoms with E-state index in [1.54, 1.807) is 14.2 Å². The van der Waals surface area contributed by atoms with E-state index in [0.717, 1.165) is 41.9 Å². The van der Waals surface area contributed by atoms with Crippen LogP contribution in [0.5, 0.6) is 11.5 Å². The predicted octanol–water partition coefficient (Wildman–Crippen LogP) is 2.15. The highest BCUT2D eigenvalue weighted by Crippen LogP contribution is 2.40. The third kappa shape index (κ3) is 2.04. The largest absolute Gasteiger partial charge is 0.493 e. The minimum atomic E-state index is 0.795. The maximum absolute atomic E-state index is 5.38. The van der Waals surface area contributed by atoms with Gasteiger partial charge in [-0.05, 0) is 59.1 Å². The molecule has 4 heteroatoms. The number of fused-ring (bicyclic) bond motifs is 1. The normalized spacial score (nSPS) is 15.2. The molecule has 1 aromatic rings. The van der Waals surface area contributed by atoms with Crippen LogP contribution in [0.2, 0.25) is 0 Å². The van der Waals surface area contributed by atoms with E-state index in [0.29, 0.717) is 0 Å². The fourth-order valence-corrected chi connectivity index (χ4v) is 2.90. The molecule has 1 heterocycles. The van der Waals surface area contributed by atoms with Gasteiger partial charge in [0.25, 0.3) is 0 Å². The molecule has 0 fully saturated rings. The van der Waals surface area contributed by atoms with Gasteiger partial charge < -0.3 is 14.8 Å². The molecule has 3 nitrogen and oxygen atoms in total. The lowest BCUT2D eigenvalue weighted by Gasteiger charge is -2.15. The van der Waals surface area contributed by atoms with E-state index >= 15 is 0 Å². The summed E-state index contributed by atoms with van der Waals surface area (Å²) in [6.07, 6.45) is 2.06. The van der Waals surface area contributed by atoms with E-state index < -0.39 is 0 Å². The number of hydrogen-bond acceptors (Lipinski definition) is 3. The average molecular weight is 286 g/mol. The number of halogens is 1. The summed E-state index contributed by atoms with van der Waals surface area (Å²) in [5, 5.41) is 3.39. The van der Waals surface area contributed by atoms with Crippen molar-refractivity contribution in [2.24, 2.45) is 0 Å². The summed E-state index contributed by atoms with van der Waals surface area (Å²) in [6, 6.07) is 2.09. The Morgan fingerprint density at radius 3 is 2.62 bits per heavy atom. The SMILES string of the molecule is COc1cc2c(c(Br)c1OC)CCNCC2. The Morgan fingerprint density at radius 2 is 1.94 bits per heavy atom. The lowest BCUT2D eigenvalue weighted by molar-refractivity contribution is 0.352. The minimum Gasteiger partial charge on any atom is -0.493 e. The molecule has 0 amide bonds. The van der Waals surface area contributed by atoms with Crippen molar-refractivity contribution < 1.29 is 9.47 Å². The zero-order valence-corrected chi connectivity index (χ0v) is 11.2. The van der Waals surface area contributed by atoms with Crippen LogP contribution in [0.25, 0.3) is 0 Å². The van der Waals surface area contributed by atoms with E-state index in [2.05, 4.69) is 27.3 Å². The maximum atomic E-state index is 5.38. The van der Waals surface area contributed by atoms with Gasteiger partial charge in [0.2, 0.25) is 0 Å². The Bertz CT molecular complexity index is 393. The molecule has 1 aliphatic rings. The van der Waals surface area contributed by atoms with Crippen molar-refractivity contribution in [3.05, 3.63) is 21.7 Å². The van der Waals surface area contributed by atoms with Crippen LogP contribution >= 0.6 is 15.9 Å². The van der Waals surface area contributed by atoms with Gasteiger partial charge in [-0.25, -0.2) is 0 Å². The van der Waals surface area contributed by atoms with Gasteiger partial charge >= 0.3 is 0 Å². The molecule has 0 radical (unpaired) electrons. The van der Waals surface area contributed by atoms with Crippen LogP contribution in [0.3, 0.4) is 0 Å². The number of benzene rings is 1. The summed E-state index contributed by atoms with van der Waals surface area (Å²) in [7, 11) is 3.34. The van der Waals surface area contributed by atoms with Crippen molar-refractivity contribution in [2.45, 2.75) is 12.8 Å². The lowest BCUT2D eigenvalue weighted by atomic mass is 10.0. The average Bonchev–Trinajstić information content (AvgIpc) is 2.54. The molecule has 16 heavy (non-hydrogen) atoms. The van der Waals surface area contributed by atoms with Gasteiger partial charge in [-0.1, -0.05) is 0 Å². The van der Waals surface area contributed by atoms with Crippen LogP contribution in [-0.2, 0) is 12.8 Å². The molecule has 1 N–H and O–H groups in total. The number of ether oxygens (including phenoxy) is 2. The Labute approximate surface area is 104 Å². The first-order valence-electron chi connectivity index (χ1n) is 5.41. The molecule has 0 spiro atoms. The van der Waals surface area contributed by atoms with E-state index in [9.17, 15) is 0 Å². The third-order valence-electron chi connectivity index (χ3n) is 2.93. The summed E-state index contributed by atoms with van der Waals surface area (Å²) in [4.78, 5) is 0. The molecule has 0 aromatic heterocycles. The van der Waals surface area contributed by atoms with Gasteiger partial charge in [-0.2, -0.15) is 0 Å². The second kappa shape index (κ2) is 5.06. The number of nitrogens with one attached hydrogen (secondary N) is 1. The maximum Gasteiger partial charge on any atom is 0.175 e. The zero-order valence-electron chi connectivity index (χ0n) is 9.60. The van der Waals surface area contributed by atoms with Crippen LogP contribution in [0, 0.1) is 0 Å². The summed E-state index contributed by atoms with van der Waals surface area (Å²) in [6.45, 7) is 2.04. The fourth-order valence-electron chi connectivity index (χ4n) is 2.09. The first-order valence-corrected chi connectivity index (χ1v) is 6.20. The zero-order chi connectivity index (χ0) is 11.5. The number of rotatable bonds is 2. The molecule has 0 saturated carbocycles. The Balaban J connectivity index is 2.54. The van der Waals surface area contributed by atoms with E-state index in [-0.39, 0.29) is 0 Å². The van der Waals surface area contributed by atoms with Gasteiger partial charge in [0, 0.05) is 0 Å². The summed E-state index contributed by atoms with van der Waals surface area (Å²) in [5.74, 6) is 1.60. The predicted molar refractivity (Wildman–Crippen MR) is 67.5 cm³/mol. The highest BCUT2D eigenvalue weighted by atomic mass is 79.9. The fraction of sp³-hybridized carbons (Fsp3) is 0.500. The quantitative estimate of drug-likeness (QED) is 0.903. The van der Waals surface area contributed by atoms with E-state index in [1.807, 2.05) is 0 Å². The van der Waals surface area contributed by atoms with Crippen LogP contribution in [0.1, 0.15) is 11.1 Å². The molecule has 0 atom stereocenters. The number of methoxy groups -OCH3 is 2. The van der Waals surface area contributed by atoms with Gasteiger partial charge in [0.05, 0.1) is 18.7 Å². The topological polar surface area (TPSA) is 30.5 Å². The standard InChI is InChI=1S/C12H16BrNO2/c1-15-10-7-8-3-5-14-6-4-9(8)11(13)12(10)16-2/h7,14H,3-6H2,1-2H3. The van der Waals surface area contributed by atoms with Gasteiger partial charge in [0.15, 0.2) is 11.5 Å². The second-order valence-electron chi connectivity index (χ2n) is 3.81. The molecule has 1 aliphatic heterocycles. The van der Waals surface area contributed by atoms with E-state index in [1.165, 1.54) is 11.1 Å². The van der Waals surface area contributed by atoms with Crippen molar-refractivity contribution in [1.29, 1.82) is 0 Å². The Morgan fingerprint density at radius 1 is 1.19 bits per heavy atom. The van der Waals surface area contributed by atoms with Crippen molar-refractivity contribution >= 4 is 15.9 Å². The first-order chi connectivity index (χ1) is 7.77. The van der Waals surface area contributed by atoms with Crippen molar-refractivity contribution in [3.63, 3.8) is 0 Å². The summed E-state index contributed by atoms with van der Waals surface area (Å²) in [5.41, 5.74) is 2.68. The third-order valence-corrected chi connectivity index (χ3v) is 3.77. The summed E-state index contributed by atoms with van der Waals surface area (Å²) >= 11 is 3.62. The van der Waals surface area contributed by atoms with Crippen molar-refractivity contribution in [2.75, 3.05) is 27.3 Å². The molecule has 0 bridgehead atoms. The molecular weight excluding hydrogens is 270 g/mol. The van der Waals surface area contributed by atoms with Crippen molar-refractivity contribution in [3.8, 4) is 11.5 Å². The molecule has 1 aromatic carbocycles. The Kier molecular flexibility index (Phi) is 3.71. The van der Waals surface area contributed by atoms with Crippen LogP contribution in [-0.4, -0.2) is 27.3 Å². The number of hydrogen-bond donors (Lipinski definition) is 1. The molecule has 0 unspecified atom stereocenters. The van der Waals surface area contributed by atoms with Crippen molar-refractivity contribution in [1.82, 2.24) is 5.32 Å². The van der Waals surface area contributed by atoms with Crippen LogP contribution < -0.4 is 14.8 Å².